The van der Waals surface area contributed by atoms with Crippen molar-refractivity contribution in [2.75, 3.05) is 11.9 Å². The fourth-order valence-corrected chi connectivity index (χ4v) is 3.27. The summed E-state index contributed by atoms with van der Waals surface area (Å²) in [6.45, 7) is 2.49. The predicted octanol–water partition coefficient (Wildman–Crippen LogP) is 6.28. The molecule has 0 aliphatic carbocycles. The van der Waals surface area contributed by atoms with Crippen molar-refractivity contribution in [3.63, 3.8) is 0 Å². The zero-order valence-corrected chi connectivity index (χ0v) is 17.2. The maximum atomic E-state index is 12.5. The summed E-state index contributed by atoms with van der Waals surface area (Å²) in [5.41, 5.74) is 3.41. The number of rotatable bonds is 6. The van der Waals surface area contributed by atoms with Crippen LogP contribution >= 0.6 is 27.5 Å². The van der Waals surface area contributed by atoms with E-state index in [0.29, 0.717) is 28.6 Å². The summed E-state index contributed by atoms with van der Waals surface area (Å²) in [5.74, 6) is 0.512. The molecule has 1 amide bonds. The Morgan fingerprint density at radius 1 is 1.07 bits per heavy atom. The molecule has 0 saturated carbocycles. The minimum Gasteiger partial charge on any atom is -0.492 e. The first-order chi connectivity index (χ1) is 13.0. The molecule has 3 aromatic carbocycles. The number of anilines is 1. The lowest BCUT2D eigenvalue weighted by atomic mass is 10.1. The number of carbonyl (C=O) groups is 1. The lowest BCUT2D eigenvalue weighted by Crippen LogP contribution is -2.13. The number of aryl methyl sites for hydroxylation is 1. The zero-order chi connectivity index (χ0) is 19.2. The van der Waals surface area contributed by atoms with Crippen molar-refractivity contribution in [3.8, 4) is 5.75 Å². The van der Waals surface area contributed by atoms with Crippen LogP contribution in [0.2, 0.25) is 5.02 Å². The first-order valence-corrected chi connectivity index (χ1v) is 9.74. The number of hydrogen-bond donors (Lipinski definition) is 1. The highest BCUT2D eigenvalue weighted by Gasteiger charge is 2.11. The number of carbonyl (C=O) groups excluding carboxylic acids is 1. The van der Waals surface area contributed by atoms with Gasteiger partial charge in [-0.05, 0) is 64.3 Å². The lowest BCUT2D eigenvalue weighted by molar-refractivity contribution is 0.102. The summed E-state index contributed by atoms with van der Waals surface area (Å²) < 4.78 is 6.57. The third-order valence-electron chi connectivity index (χ3n) is 4.13. The Morgan fingerprint density at radius 2 is 1.85 bits per heavy atom. The minimum absolute atomic E-state index is 0.197. The molecule has 1 N–H and O–H groups in total. The van der Waals surface area contributed by atoms with Crippen LogP contribution in [-0.2, 0) is 6.42 Å². The molecule has 0 heterocycles. The molecule has 138 valence electrons. The summed E-state index contributed by atoms with van der Waals surface area (Å²) in [6.07, 6.45) is 0.823. The van der Waals surface area contributed by atoms with Crippen LogP contribution in [0.3, 0.4) is 0 Å². The van der Waals surface area contributed by atoms with Crippen molar-refractivity contribution in [3.05, 3.63) is 92.9 Å². The summed E-state index contributed by atoms with van der Waals surface area (Å²) in [6, 6.07) is 20.9. The molecule has 3 nitrogen and oxygen atoms in total. The van der Waals surface area contributed by atoms with Gasteiger partial charge in [0, 0.05) is 22.7 Å². The van der Waals surface area contributed by atoms with Crippen LogP contribution in [-0.4, -0.2) is 12.5 Å². The molecule has 5 heteroatoms. The molecule has 0 spiro atoms. The van der Waals surface area contributed by atoms with E-state index < -0.39 is 0 Å². The highest BCUT2D eigenvalue weighted by Crippen LogP contribution is 2.27. The van der Waals surface area contributed by atoms with Crippen molar-refractivity contribution < 1.29 is 9.53 Å². The number of hydrogen-bond acceptors (Lipinski definition) is 2. The highest BCUT2D eigenvalue weighted by molar-refractivity contribution is 9.10. The third-order valence-corrected chi connectivity index (χ3v) is 4.99. The van der Waals surface area contributed by atoms with Gasteiger partial charge in [0.15, 0.2) is 0 Å². The molecule has 0 aromatic heterocycles. The molecule has 0 aliphatic rings. The second-order valence-corrected chi connectivity index (χ2v) is 7.43. The smallest absolute Gasteiger partial charge is 0.255 e. The van der Waals surface area contributed by atoms with E-state index in [2.05, 4.69) is 33.4 Å². The van der Waals surface area contributed by atoms with Gasteiger partial charge in [0.05, 0.1) is 11.1 Å². The Morgan fingerprint density at radius 3 is 2.59 bits per heavy atom. The molecule has 3 aromatic rings. The summed E-state index contributed by atoms with van der Waals surface area (Å²) in [5, 5.41) is 3.48. The third kappa shape index (κ3) is 5.34. The molecule has 0 fully saturated rings. The molecule has 0 bridgehead atoms. The van der Waals surface area contributed by atoms with Gasteiger partial charge in [-0.15, -0.1) is 0 Å². The van der Waals surface area contributed by atoms with E-state index in [9.17, 15) is 4.79 Å². The fraction of sp³-hybridized carbons (Fsp3) is 0.136. The van der Waals surface area contributed by atoms with Crippen LogP contribution in [0.15, 0.2) is 71.2 Å². The number of halogens is 2. The molecule has 0 saturated heterocycles. The normalized spacial score (nSPS) is 10.5. The Kier molecular flexibility index (Phi) is 6.54. The second-order valence-electron chi connectivity index (χ2n) is 6.14. The molecule has 0 atom stereocenters. The molecule has 0 unspecified atom stereocenters. The topological polar surface area (TPSA) is 38.3 Å². The van der Waals surface area contributed by atoms with Gasteiger partial charge in [0.2, 0.25) is 0 Å². The van der Waals surface area contributed by atoms with E-state index in [1.165, 1.54) is 5.56 Å². The Labute approximate surface area is 172 Å². The molecule has 27 heavy (non-hydrogen) atoms. The maximum Gasteiger partial charge on any atom is 0.255 e. The number of ether oxygens (including phenoxy) is 1. The maximum absolute atomic E-state index is 12.5. The predicted molar refractivity (Wildman–Crippen MR) is 114 cm³/mol. The van der Waals surface area contributed by atoms with E-state index in [1.807, 2.05) is 31.2 Å². The molecule has 3 rings (SSSR count). The largest absolute Gasteiger partial charge is 0.492 e. The van der Waals surface area contributed by atoms with Crippen LogP contribution in [0, 0.1) is 6.92 Å². The van der Waals surface area contributed by atoms with Crippen molar-refractivity contribution in [2.45, 2.75) is 13.3 Å². The van der Waals surface area contributed by atoms with Crippen LogP contribution < -0.4 is 10.1 Å². The van der Waals surface area contributed by atoms with E-state index >= 15 is 0 Å². The SMILES string of the molecule is Cc1ccc(Cl)cc1NC(=O)c1ccc(OCCc2ccccc2)c(Br)c1. The lowest BCUT2D eigenvalue weighted by Gasteiger charge is -2.11. The van der Waals surface area contributed by atoms with Crippen LogP contribution in [0.1, 0.15) is 21.5 Å². The number of benzene rings is 3. The van der Waals surface area contributed by atoms with Gasteiger partial charge in [0.25, 0.3) is 5.91 Å². The van der Waals surface area contributed by atoms with E-state index in [1.54, 1.807) is 30.3 Å². The summed E-state index contributed by atoms with van der Waals surface area (Å²) in [7, 11) is 0. The molecular weight excluding hydrogens is 426 g/mol. The zero-order valence-electron chi connectivity index (χ0n) is 14.8. The van der Waals surface area contributed by atoms with Crippen LogP contribution in [0.25, 0.3) is 0 Å². The van der Waals surface area contributed by atoms with Crippen molar-refractivity contribution >= 4 is 39.1 Å². The van der Waals surface area contributed by atoms with Gasteiger partial charge in [0.1, 0.15) is 5.75 Å². The Balaban J connectivity index is 1.63. The van der Waals surface area contributed by atoms with Gasteiger partial charge >= 0.3 is 0 Å². The van der Waals surface area contributed by atoms with Crippen LogP contribution in [0.5, 0.6) is 5.75 Å². The standard InChI is InChI=1S/C22H19BrClNO2/c1-15-7-9-18(24)14-20(15)25-22(26)17-8-10-21(19(23)13-17)27-12-11-16-5-3-2-4-6-16/h2-10,13-14H,11-12H2,1H3,(H,25,26). The molecule has 0 radical (unpaired) electrons. The van der Waals surface area contributed by atoms with Gasteiger partial charge in [-0.3, -0.25) is 4.79 Å². The average molecular weight is 445 g/mol. The molecule has 0 aliphatic heterocycles. The average Bonchev–Trinajstić information content (AvgIpc) is 2.67. The fourth-order valence-electron chi connectivity index (χ4n) is 2.61. The minimum atomic E-state index is -0.197. The van der Waals surface area contributed by atoms with Crippen LogP contribution in [0.4, 0.5) is 5.69 Å². The second kappa shape index (κ2) is 9.07. The van der Waals surface area contributed by atoms with Gasteiger partial charge in [-0.1, -0.05) is 48.0 Å². The number of nitrogens with one attached hydrogen (secondary N) is 1. The van der Waals surface area contributed by atoms with E-state index in [0.717, 1.165) is 16.5 Å². The van der Waals surface area contributed by atoms with E-state index in [4.69, 9.17) is 16.3 Å². The number of amides is 1. The van der Waals surface area contributed by atoms with Crippen molar-refractivity contribution in [1.82, 2.24) is 0 Å². The van der Waals surface area contributed by atoms with Gasteiger partial charge in [-0.25, -0.2) is 0 Å². The Hall–Kier alpha value is -2.30. The first kappa shape index (κ1) is 19.5. The highest BCUT2D eigenvalue weighted by atomic mass is 79.9. The van der Waals surface area contributed by atoms with Gasteiger partial charge in [-0.2, -0.15) is 0 Å². The quantitative estimate of drug-likeness (QED) is 0.485. The molecular formula is C22H19BrClNO2. The Bertz CT molecular complexity index is 944. The van der Waals surface area contributed by atoms with Gasteiger partial charge < -0.3 is 10.1 Å². The summed E-state index contributed by atoms with van der Waals surface area (Å²) >= 11 is 9.50. The first-order valence-electron chi connectivity index (χ1n) is 8.57. The summed E-state index contributed by atoms with van der Waals surface area (Å²) in [4.78, 5) is 12.5. The monoisotopic (exact) mass is 443 g/mol. The van der Waals surface area contributed by atoms with Crippen molar-refractivity contribution in [2.24, 2.45) is 0 Å². The van der Waals surface area contributed by atoms with Crippen molar-refractivity contribution in [1.29, 1.82) is 0 Å². The van der Waals surface area contributed by atoms with E-state index in [-0.39, 0.29) is 5.91 Å².